The highest BCUT2D eigenvalue weighted by Gasteiger charge is 2.16. The van der Waals surface area contributed by atoms with Crippen molar-refractivity contribution < 1.29 is 4.74 Å². The average Bonchev–Trinajstić information content (AvgIpc) is 2.41. The highest BCUT2D eigenvalue weighted by molar-refractivity contribution is 5.27. The largest absolute Gasteiger partial charge is 0.492 e. The summed E-state index contributed by atoms with van der Waals surface area (Å²) < 4.78 is 5.87. The molecule has 0 spiro atoms. The minimum atomic E-state index is 0.623. The predicted octanol–water partition coefficient (Wildman–Crippen LogP) is 2.69. The maximum Gasteiger partial charge on any atom is 0.119 e. The van der Waals surface area contributed by atoms with Gasteiger partial charge in [0.25, 0.3) is 0 Å². The SMILES string of the molecule is Cc1cccc(OCCN2CCC(C)NCC(C)C2)c1. The van der Waals surface area contributed by atoms with Gasteiger partial charge in [-0.05, 0) is 57.0 Å². The van der Waals surface area contributed by atoms with Crippen molar-refractivity contribution in [3.8, 4) is 5.75 Å². The van der Waals surface area contributed by atoms with E-state index < -0.39 is 0 Å². The van der Waals surface area contributed by atoms with Crippen LogP contribution in [0.4, 0.5) is 0 Å². The van der Waals surface area contributed by atoms with E-state index in [-0.39, 0.29) is 0 Å². The molecule has 1 heterocycles. The van der Waals surface area contributed by atoms with Crippen molar-refractivity contribution in [3.05, 3.63) is 29.8 Å². The molecular formula is C17H28N2O. The van der Waals surface area contributed by atoms with Crippen molar-refractivity contribution in [2.24, 2.45) is 5.92 Å². The second-order valence-corrected chi connectivity index (χ2v) is 6.17. The van der Waals surface area contributed by atoms with E-state index in [4.69, 9.17) is 4.74 Å². The summed E-state index contributed by atoms with van der Waals surface area (Å²) in [5.41, 5.74) is 1.25. The van der Waals surface area contributed by atoms with Crippen molar-refractivity contribution in [1.29, 1.82) is 0 Å². The molecule has 1 aromatic rings. The van der Waals surface area contributed by atoms with Crippen LogP contribution < -0.4 is 10.1 Å². The molecule has 1 aromatic carbocycles. The van der Waals surface area contributed by atoms with E-state index in [1.807, 2.05) is 6.07 Å². The predicted molar refractivity (Wildman–Crippen MR) is 84.4 cm³/mol. The van der Waals surface area contributed by atoms with Crippen LogP contribution in [-0.4, -0.2) is 43.7 Å². The fourth-order valence-electron chi connectivity index (χ4n) is 2.68. The molecule has 20 heavy (non-hydrogen) atoms. The quantitative estimate of drug-likeness (QED) is 0.915. The van der Waals surface area contributed by atoms with Crippen molar-refractivity contribution in [1.82, 2.24) is 10.2 Å². The van der Waals surface area contributed by atoms with Crippen LogP contribution >= 0.6 is 0 Å². The summed E-state index contributed by atoms with van der Waals surface area (Å²) in [6.45, 7) is 11.9. The Morgan fingerprint density at radius 2 is 2.20 bits per heavy atom. The van der Waals surface area contributed by atoms with Crippen LogP contribution in [0.25, 0.3) is 0 Å². The molecule has 1 fully saturated rings. The molecule has 0 radical (unpaired) electrons. The first-order chi connectivity index (χ1) is 9.63. The van der Waals surface area contributed by atoms with Crippen LogP contribution in [0.1, 0.15) is 25.8 Å². The lowest BCUT2D eigenvalue weighted by molar-refractivity contribution is 0.168. The van der Waals surface area contributed by atoms with Gasteiger partial charge in [-0.15, -0.1) is 0 Å². The van der Waals surface area contributed by atoms with Crippen LogP contribution in [0, 0.1) is 12.8 Å². The zero-order valence-electron chi connectivity index (χ0n) is 13.1. The first-order valence-electron chi connectivity index (χ1n) is 7.78. The second-order valence-electron chi connectivity index (χ2n) is 6.17. The number of hydrogen-bond donors (Lipinski definition) is 1. The molecule has 2 rings (SSSR count). The average molecular weight is 276 g/mol. The Balaban J connectivity index is 1.77. The number of aryl methyl sites for hydroxylation is 1. The van der Waals surface area contributed by atoms with E-state index in [0.717, 1.165) is 38.5 Å². The van der Waals surface area contributed by atoms with Crippen molar-refractivity contribution >= 4 is 0 Å². The molecule has 0 aromatic heterocycles. The Hall–Kier alpha value is -1.06. The Morgan fingerprint density at radius 3 is 3.00 bits per heavy atom. The normalized spacial score (nSPS) is 24.9. The molecule has 1 N–H and O–H groups in total. The van der Waals surface area contributed by atoms with Gasteiger partial charge in [0.15, 0.2) is 0 Å². The Labute approximate surface area is 123 Å². The molecule has 3 heteroatoms. The van der Waals surface area contributed by atoms with E-state index in [9.17, 15) is 0 Å². The lowest BCUT2D eigenvalue weighted by atomic mass is 10.1. The van der Waals surface area contributed by atoms with E-state index >= 15 is 0 Å². The van der Waals surface area contributed by atoms with Gasteiger partial charge in [-0.2, -0.15) is 0 Å². The van der Waals surface area contributed by atoms with Gasteiger partial charge in [-0.1, -0.05) is 19.1 Å². The van der Waals surface area contributed by atoms with E-state index in [1.165, 1.54) is 12.0 Å². The van der Waals surface area contributed by atoms with E-state index in [0.29, 0.717) is 12.0 Å². The van der Waals surface area contributed by atoms with Crippen LogP contribution in [0.3, 0.4) is 0 Å². The second kappa shape index (κ2) is 7.65. The summed E-state index contributed by atoms with van der Waals surface area (Å²) in [6, 6.07) is 8.91. The highest BCUT2D eigenvalue weighted by Crippen LogP contribution is 2.12. The lowest BCUT2D eigenvalue weighted by Crippen LogP contribution is -2.43. The summed E-state index contributed by atoms with van der Waals surface area (Å²) in [5, 5.41) is 3.59. The highest BCUT2D eigenvalue weighted by atomic mass is 16.5. The van der Waals surface area contributed by atoms with E-state index in [1.54, 1.807) is 0 Å². The van der Waals surface area contributed by atoms with Crippen molar-refractivity contribution in [3.63, 3.8) is 0 Å². The zero-order chi connectivity index (χ0) is 14.4. The van der Waals surface area contributed by atoms with Gasteiger partial charge >= 0.3 is 0 Å². The van der Waals surface area contributed by atoms with Gasteiger partial charge in [-0.25, -0.2) is 0 Å². The van der Waals surface area contributed by atoms with Gasteiger partial charge in [0.1, 0.15) is 12.4 Å². The monoisotopic (exact) mass is 276 g/mol. The summed E-state index contributed by atoms with van der Waals surface area (Å²) in [7, 11) is 0. The third-order valence-corrected chi connectivity index (χ3v) is 3.93. The standard InChI is InChI=1S/C17H28N2O/c1-14-5-4-6-17(11-14)20-10-9-19-8-7-16(3)18-12-15(2)13-19/h4-6,11,15-16,18H,7-10,12-13H2,1-3H3. The number of hydrogen-bond acceptors (Lipinski definition) is 3. The first-order valence-corrected chi connectivity index (χ1v) is 7.78. The molecule has 0 amide bonds. The molecule has 2 atom stereocenters. The molecule has 1 aliphatic heterocycles. The molecule has 3 nitrogen and oxygen atoms in total. The summed E-state index contributed by atoms with van der Waals surface area (Å²) >= 11 is 0. The number of benzene rings is 1. The Morgan fingerprint density at radius 1 is 1.35 bits per heavy atom. The van der Waals surface area contributed by atoms with Gasteiger partial charge in [-0.3, -0.25) is 4.90 Å². The minimum Gasteiger partial charge on any atom is -0.492 e. The number of rotatable bonds is 4. The third-order valence-electron chi connectivity index (χ3n) is 3.93. The third kappa shape index (κ3) is 5.14. The molecular weight excluding hydrogens is 248 g/mol. The Bertz CT molecular complexity index is 408. The maximum atomic E-state index is 5.87. The van der Waals surface area contributed by atoms with Crippen LogP contribution in [0.15, 0.2) is 24.3 Å². The molecule has 1 aliphatic rings. The first kappa shape index (κ1) is 15.3. The van der Waals surface area contributed by atoms with Crippen LogP contribution in [0.2, 0.25) is 0 Å². The van der Waals surface area contributed by atoms with E-state index in [2.05, 4.69) is 49.2 Å². The van der Waals surface area contributed by atoms with Crippen LogP contribution in [-0.2, 0) is 0 Å². The van der Waals surface area contributed by atoms with Gasteiger partial charge in [0.05, 0.1) is 0 Å². The zero-order valence-corrected chi connectivity index (χ0v) is 13.1. The molecule has 0 bridgehead atoms. The van der Waals surface area contributed by atoms with Gasteiger partial charge in [0, 0.05) is 19.1 Å². The van der Waals surface area contributed by atoms with Gasteiger partial charge in [0.2, 0.25) is 0 Å². The summed E-state index contributed by atoms with van der Waals surface area (Å²) in [5.74, 6) is 1.69. The number of nitrogens with one attached hydrogen (secondary N) is 1. The molecule has 0 aliphatic carbocycles. The lowest BCUT2D eigenvalue weighted by Gasteiger charge is -2.31. The summed E-state index contributed by atoms with van der Waals surface area (Å²) in [6.07, 6.45) is 1.22. The minimum absolute atomic E-state index is 0.623. The number of ether oxygens (including phenoxy) is 1. The molecule has 0 saturated carbocycles. The Kier molecular flexibility index (Phi) is 5.86. The fraction of sp³-hybridized carbons (Fsp3) is 0.647. The topological polar surface area (TPSA) is 24.5 Å². The smallest absolute Gasteiger partial charge is 0.119 e. The molecule has 2 unspecified atom stereocenters. The van der Waals surface area contributed by atoms with Crippen LogP contribution in [0.5, 0.6) is 5.75 Å². The molecule has 112 valence electrons. The fourth-order valence-corrected chi connectivity index (χ4v) is 2.68. The maximum absolute atomic E-state index is 5.87. The molecule has 1 saturated heterocycles. The van der Waals surface area contributed by atoms with Crippen molar-refractivity contribution in [2.45, 2.75) is 33.2 Å². The number of nitrogens with zero attached hydrogens (tertiary/aromatic N) is 1. The summed E-state index contributed by atoms with van der Waals surface area (Å²) in [4.78, 5) is 2.54. The van der Waals surface area contributed by atoms with Crippen molar-refractivity contribution in [2.75, 3.05) is 32.8 Å². The van der Waals surface area contributed by atoms with Gasteiger partial charge < -0.3 is 10.1 Å².